The van der Waals surface area contributed by atoms with E-state index >= 15 is 0 Å². The fourth-order valence-electron chi connectivity index (χ4n) is 4.39. The highest BCUT2D eigenvalue weighted by molar-refractivity contribution is 5.81. The number of carbonyl (C=O) groups excluding carboxylic acids is 2. The van der Waals surface area contributed by atoms with Crippen molar-refractivity contribution in [2.75, 3.05) is 6.61 Å². The summed E-state index contributed by atoms with van der Waals surface area (Å²) in [5, 5.41) is 2.87. The Morgan fingerprint density at radius 2 is 1.85 bits per heavy atom. The van der Waals surface area contributed by atoms with E-state index in [9.17, 15) is 19.2 Å². The van der Waals surface area contributed by atoms with Crippen molar-refractivity contribution in [2.24, 2.45) is 14.1 Å². The zero-order valence-electron chi connectivity index (χ0n) is 19.7. The molecule has 1 aliphatic carbocycles. The largest absolute Gasteiger partial charge is 0.456 e. The van der Waals surface area contributed by atoms with Crippen LogP contribution in [-0.4, -0.2) is 37.2 Å². The third-order valence-corrected chi connectivity index (χ3v) is 6.39. The van der Waals surface area contributed by atoms with Crippen LogP contribution in [0.25, 0.3) is 11.2 Å². The third-order valence-electron chi connectivity index (χ3n) is 6.39. The molecule has 0 saturated carbocycles. The van der Waals surface area contributed by atoms with Gasteiger partial charge in [-0.2, -0.15) is 0 Å². The highest BCUT2D eigenvalue weighted by Gasteiger charge is 2.17. The predicted molar refractivity (Wildman–Crippen MR) is 125 cm³/mol. The zero-order chi connectivity index (χ0) is 24.4. The van der Waals surface area contributed by atoms with Crippen LogP contribution in [0.3, 0.4) is 0 Å². The fraction of sp³-hybridized carbons (Fsp3) is 0.458. The van der Waals surface area contributed by atoms with E-state index in [2.05, 4.69) is 22.4 Å². The maximum atomic E-state index is 12.5. The zero-order valence-corrected chi connectivity index (χ0v) is 19.7. The van der Waals surface area contributed by atoms with Crippen molar-refractivity contribution in [3.05, 3.63) is 62.1 Å². The predicted octanol–water partition coefficient (Wildman–Crippen LogP) is 1.12. The number of nitrogens with zero attached hydrogens (tertiary/aromatic N) is 4. The summed E-state index contributed by atoms with van der Waals surface area (Å²) in [7, 11) is 2.92. The molecule has 4 rings (SSSR count). The Bertz CT molecular complexity index is 1370. The van der Waals surface area contributed by atoms with Crippen molar-refractivity contribution < 1.29 is 14.3 Å². The molecule has 1 aromatic carbocycles. The first-order chi connectivity index (χ1) is 16.3. The van der Waals surface area contributed by atoms with Crippen molar-refractivity contribution in [2.45, 2.75) is 51.6 Å². The Balaban J connectivity index is 1.30. The number of rotatable bonds is 7. The van der Waals surface area contributed by atoms with Crippen LogP contribution in [0.4, 0.5) is 0 Å². The first-order valence-corrected chi connectivity index (χ1v) is 11.4. The number of aryl methyl sites for hydroxylation is 4. The van der Waals surface area contributed by atoms with Crippen LogP contribution >= 0.6 is 0 Å². The number of benzene rings is 1. The Labute approximate surface area is 196 Å². The van der Waals surface area contributed by atoms with E-state index in [1.54, 1.807) is 0 Å². The van der Waals surface area contributed by atoms with Crippen LogP contribution in [0.1, 0.15) is 48.9 Å². The Kier molecular flexibility index (Phi) is 6.67. The van der Waals surface area contributed by atoms with Gasteiger partial charge in [0.15, 0.2) is 17.8 Å². The first kappa shape index (κ1) is 23.5. The highest BCUT2D eigenvalue weighted by Crippen LogP contribution is 2.24. The quantitative estimate of drug-likeness (QED) is 0.521. The molecule has 0 fully saturated rings. The minimum atomic E-state index is -0.569. The van der Waals surface area contributed by atoms with Crippen LogP contribution in [0.5, 0.6) is 0 Å². The van der Waals surface area contributed by atoms with Crippen molar-refractivity contribution in [3.63, 3.8) is 0 Å². The fourth-order valence-corrected chi connectivity index (χ4v) is 4.39. The monoisotopic (exact) mass is 467 g/mol. The lowest BCUT2D eigenvalue weighted by atomic mass is 9.89. The average Bonchev–Trinajstić information content (AvgIpc) is 3.27. The SMILES string of the molecule is CC(NC(=O)COC(=O)CCn1cnc2c1c(=O)n(C)c(=O)n2C)c1ccc2c(c1)CCCC2. The maximum Gasteiger partial charge on any atom is 0.332 e. The normalized spacial score (nSPS) is 14.0. The van der Waals surface area contributed by atoms with Crippen LogP contribution in [0, 0.1) is 0 Å². The average molecular weight is 468 g/mol. The van der Waals surface area contributed by atoms with E-state index in [0.29, 0.717) is 0 Å². The number of nitrogens with one attached hydrogen (secondary N) is 1. The van der Waals surface area contributed by atoms with Gasteiger partial charge >= 0.3 is 11.7 Å². The standard InChI is InChI=1S/C24H29N5O5/c1-15(17-9-8-16-6-4-5-7-18(16)12-17)26-19(30)13-34-20(31)10-11-29-14-25-22-21(29)23(32)28(3)24(33)27(22)2/h8-9,12,14-15H,4-7,10-11,13H2,1-3H3,(H,26,30). The molecule has 2 aromatic heterocycles. The molecular weight excluding hydrogens is 438 g/mol. The molecule has 1 aliphatic rings. The van der Waals surface area contributed by atoms with Crippen LogP contribution in [-0.2, 0) is 47.8 Å². The number of fused-ring (bicyclic) bond motifs is 2. The van der Waals surface area contributed by atoms with Crippen molar-refractivity contribution in [3.8, 4) is 0 Å². The number of carbonyl (C=O) groups is 2. The summed E-state index contributed by atoms with van der Waals surface area (Å²) in [5.41, 5.74) is 3.28. The molecule has 2 heterocycles. The summed E-state index contributed by atoms with van der Waals surface area (Å²) in [6.07, 6.45) is 5.94. The van der Waals surface area contributed by atoms with E-state index in [1.807, 2.05) is 13.0 Å². The minimum absolute atomic E-state index is 0.0505. The second kappa shape index (κ2) is 9.66. The number of ether oxygens (including phenoxy) is 1. The maximum absolute atomic E-state index is 12.5. The number of hydrogen-bond acceptors (Lipinski definition) is 6. The van der Waals surface area contributed by atoms with Crippen molar-refractivity contribution >= 4 is 23.0 Å². The lowest BCUT2D eigenvalue weighted by Crippen LogP contribution is -2.37. The molecule has 0 spiro atoms. The summed E-state index contributed by atoms with van der Waals surface area (Å²) in [6, 6.07) is 6.13. The Morgan fingerprint density at radius 3 is 2.62 bits per heavy atom. The number of esters is 1. The van der Waals surface area contributed by atoms with E-state index in [-0.39, 0.29) is 42.7 Å². The van der Waals surface area contributed by atoms with Crippen LogP contribution in [0.15, 0.2) is 34.1 Å². The smallest absolute Gasteiger partial charge is 0.332 e. The lowest BCUT2D eigenvalue weighted by molar-refractivity contribution is -0.148. The molecular formula is C24H29N5O5. The summed E-state index contributed by atoms with van der Waals surface area (Å²) in [4.78, 5) is 53.1. The van der Waals surface area contributed by atoms with Crippen molar-refractivity contribution in [1.29, 1.82) is 0 Å². The molecule has 1 amide bonds. The number of imidazole rings is 1. The summed E-state index contributed by atoms with van der Waals surface area (Å²) >= 11 is 0. The van der Waals surface area contributed by atoms with E-state index in [1.165, 1.54) is 53.5 Å². The van der Waals surface area contributed by atoms with Crippen LogP contribution in [0.2, 0.25) is 0 Å². The summed E-state index contributed by atoms with van der Waals surface area (Å²) in [5.74, 6) is -0.949. The van der Waals surface area contributed by atoms with Gasteiger partial charge in [0.05, 0.1) is 18.8 Å². The van der Waals surface area contributed by atoms with E-state index in [4.69, 9.17) is 4.74 Å². The Hall–Kier alpha value is -3.69. The van der Waals surface area contributed by atoms with Crippen molar-refractivity contribution in [1.82, 2.24) is 24.0 Å². The topological polar surface area (TPSA) is 117 Å². The minimum Gasteiger partial charge on any atom is -0.456 e. The van der Waals surface area contributed by atoms with Gasteiger partial charge in [0.25, 0.3) is 11.5 Å². The molecule has 10 heteroatoms. The van der Waals surface area contributed by atoms with Gasteiger partial charge in [0.2, 0.25) is 0 Å². The highest BCUT2D eigenvalue weighted by atomic mass is 16.5. The first-order valence-electron chi connectivity index (χ1n) is 11.4. The molecule has 180 valence electrons. The van der Waals surface area contributed by atoms with Gasteiger partial charge in [-0.1, -0.05) is 18.2 Å². The second-order valence-electron chi connectivity index (χ2n) is 8.75. The Morgan fingerprint density at radius 1 is 1.12 bits per heavy atom. The molecule has 1 atom stereocenters. The molecule has 0 aliphatic heterocycles. The number of aromatic nitrogens is 4. The summed E-state index contributed by atoms with van der Waals surface area (Å²) in [6.45, 7) is 1.66. The van der Waals surface area contributed by atoms with Gasteiger partial charge in [0.1, 0.15) is 0 Å². The molecule has 10 nitrogen and oxygen atoms in total. The van der Waals surface area contributed by atoms with Gasteiger partial charge in [-0.3, -0.25) is 23.5 Å². The number of hydrogen-bond donors (Lipinski definition) is 1. The molecule has 3 aromatic rings. The van der Waals surface area contributed by atoms with Gasteiger partial charge in [-0.05, 0) is 49.3 Å². The second-order valence-corrected chi connectivity index (χ2v) is 8.75. The molecule has 0 radical (unpaired) electrons. The third kappa shape index (κ3) is 4.66. The molecule has 1 N–H and O–H groups in total. The molecule has 0 saturated heterocycles. The van der Waals surface area contributed by atoms with Gasteiger partial charge in [-0.15, -0.1) is 0 Å². The van der Waals surface area contributed by atoms with Crippen LogP contribution < -0.4 is 16.6 Å². The van der Waals surface area contributed by atoms with Gasteiger partial charge < -0.3 is 14.6 Å². The molecule has 34 heavy (non-hydrogen) atoms. The number of amides is 1. The van der Waals surface area contributed by atoms with E-state index < -0.39 is 17.2 Å². The van der Waals surface area contributed by atoms with Gasteiger partial charge in [-0.25, -0.2) is 9.78 Å². The molecule has 0 bridgehead atoms. The molecule has 1 unspecified atom stereocenters. The lowest BCUT2D eigenvalue weighted by Gasteiger charge is -2.20. The summed E-state index contributed by atoms with van der Waals surface area (Å²) < 4.78 is 8.90. The van der Waals surface area contributed by atoms with E-state index in [0.717, 1.165) is 23.0 Å². The van der Waals surface area contributed by atoms with Gasteiger partial charge in [0, 0.05) is 20.6 Å².